The van der Waals surface area contributed by atoms with Crippen molar-refractivity contribution < 1.29 is 61.6 Å². The first-order valence-electron chi connectivity index (χ1n) is 16.2. The molecule has 1 rings (SSSR count). The molecule has 14 nitrogen and oxygen atoms in total. The van der Waals surface area contributed by atoms with E-state index in [0.29, 0.717) is 171 Å². The molecule has 46 heavy (non-hydrogen) atoms. The first kappa shape index (κ1) is 42.4. The molecule has 0 radical (unpaired) electrons. The third-order valence-electron chi connectivity index (χ3n) is 5.67. The van der Waals surface area contributed by atoms with Gasteiger partial charge in [-0.3, -0.25) is 0 Å². The Labute approximate surface area is 275 Å². The molecule has 0 atom stereocenters. The zero-order chi connectivity index (χ0) is 32.9. The highest BCUT2D eigenvalue weighted by Crippen LogP contribution is 2.12. The molecule has 0 spiro atoms. The molecule has 2 N–H and O–H groups in total. The van der Waals surface area contributed by atoms with E-state index in [1.165, 1.54) is 0 Å². The predicted octanol–water partition coefficient (Wildman–Crippen LogP) is 1.87. The Morgan fingerprint density at radius 3 is 0.783 bits per heavy atom. The molecule has 0 saturated carbocycles. The van der Waals surface area contributed by atoms with Crippen LogP contribution in [0.15, 0.2) is 24.3 Å². The highest BCUT2D eigenvalue weighted by atomic mass is 16.6. The first-order valence-corrected chi connectivity index (χ1v) is 16.2. The Kier molecular flexibility index (Phi) is 33.3. The van der Waals surface area contributed by atoms with Crippen molar-refractivity contribution in [2.75, 3.05) is 171 Å². The van der Waals surface area contributed by atoms with Gasteiger partial charge in [-0.25, -0.2) is 0 Å². The van der Waals surface area contributed by atoms with Crippen molar-refractivity contribution in [2.24, 2.45) is 0 Å². The van der Waals surface area contributed by atoms with Crippen molar-refractivity contribution in [1.29, 1.82) is 0 Å². The van der Waals surface area contributed by atoms with E-state index >= 15 is 0 Å². The van der Waals surface area contributed by atoms with Crippen molar-refractivity contribution >= 4 is 5.69 Å². The maximum Gasteiger partial charge on any atom is 0.119 e. The summed E-state index contributed by atoms with van der Waals surface area (Å²) in [6.07, 6.45) is 0. The van der Waals surface area contributed by atoms with Crippen molar-refractivity contribution in [3.8, 4) is 5.75 Å². The lowest BCUT2D eigenvalue weighted by Crippen LogP contribution is -2.15. The largest absolute Gasteiger partial charge is 0.491 e. The molecule has 0 aromatic heterocycles. The average molecular weight is 666 g/mol. The highest BCUT2D eigenvalue weighted by Gasteiger charge is 1.97. The van der Waals surface area contributed by atoms with Crippen LogP contribution < -0.4 is 10.5 Å². The average Bonchev–Trinajstić information content (AvgIpc) is 3.07. The van der Waals surface area contributed by atoms with Gasteiger partial charge in [-0.2, -0.15) is 0 Å². The zero-order valence-electron chi connectivity index (χ0n) is 27.9. The molecule has 0 fully saturated rings. The molecule has 0 amide bonds. The fourth-order valence-corrected chi connectivity index (χ4v) is 3.35. The lowest BCUT2D eigenvalue weighted by atomic mass is 10.3. The molecule has 270 valence electrons. The molecule has 0 bridgehead atoms. The van der Waals surface area contributed by atoms with Gasteiger partial charge in [0, 0.05) is 12.3 Å². The number of benzene rings is 1. The summed E-state index contributed by atoms with van der Waals surface area (Å²) in [5.41, 5.74) is 6.35. The highest BCUT2D eigenvalue weighted by molar-refractivity contribution is 5.41. The van der Waals surface area contributed by atoms with E-state index in [-0.39, 0.29) is 0 Å². The summed E-state index contributed by atoms with van der Waals surface area (Å²) in [7, 11) is 0. The van der Waals surface area contributed by atoms with Crippen LogP contribution >= 0.6 is 0 Å². The molecule has 1 aromatic carbocycles. The number of rotatable bonds is 38. The summed E-state index contributed by atoms with van der Waals surface area (Å²) in [6, 6.07) is 7.26. The lowest BCUT2D eigenvalue weighted by molar-refractivity contribution is -0.0284. The monoisotopic (exact) mass is 665 g/mol. The minimum atomic E-state index is 0.475. The van der Waals surface area contributed by atoms with Crippen LogP contribution in [-0.4, -0.2) is 165 Å². The van der Waals surface area contributed by atoms with E-state index in [1.807, 2.05) is 19.1 Å². The molecular weight excluding hydrogens is 606 g/mol. The maximum absolute atomic E-state index is 5.64. The Hall–Kier alpha value is -1.66. The van der Waals surface area contributed by atoms with E-state index in [9.17, 15) is 0 Å². The van der Waals surface area contributed by atoms with Crippen LogP contribution in [0.3, 0.4) is 0 Å². The fourth-order valence-electron chi connectivity index (χ4n) is 3.35. The fraction of sp³-hybridized carbons (Fsp3) is 0.812. The summed E-state index contributed by atoms with van der Waals surface area (Å²) in [6.45, 7) is 15.2. The minimum Gasteiger partial charge on any atom is -0.491 e. The minimum absolute atomic E-state index is 0.475. The molecule has 1 aromatic rings. The number of nitrogen functional groups attached to an aromatic ring is 1. The molecular formula is C32H59NO13. The summed E-state index contributed by atoms with van der Waals surface area (Å²) < 4.78 is 70.8. The predicted molar refractivity (Wildman–Crippen MR) is 172 cm³/mol. The van der Waals surface area contributed by atoms with Crippen LogP contribution in [0.5, 0.6) is 5.75 Å². The molecule has 0 heterocycles. The molecule has 0 unspecified atom stereocenters. The smallest absolute Gasteiger partial charge is 0.119 e. The third-order valence-corrected chi connectivity index (χ3v) is 5.67. The molecule has 14 heteroatoms. The lowest BCUT2D eigenvalue weighted by Gasteiger charge is -2.09. The normalized spacial score (nSPS) is 11.4. The van der Waals surface area contributed by atoms with E-state index in [2.05, 4.69) is 0 Å². The van der Waals surface area contributed by atoms with Gasteiger partial charge in [-0.1, -0.05) is 0 Å². The Morgan fingerprint density at radius 2 is 0.543 bits per heavy atom. The molecule has 0 aliphatic heterocycles. The van der Waals surface area contributed by atoms with Gasteiger partial charge in [0.05, 0.1) is 152 Å². The van der Waals surface area contributed by atoms with Gasteiger partial charge in [0.1, 0.15) is 12.4 Å². The standard InChI is InChI=1S/C32H59NO13/c1-2-34-7-8-35-9-10-36-11-12-37-13-14-38-15-16-39-17-18-40-19-20-41-21-22-42-23-24-43-25-26-44-27-28-45-29-30-46-32-5-3-31(33)4-6-32/h3-6H,2,7-30,33H2,1H3. The second kappa shape index (κ2) is 36.2. The Bertz CT molecular complexity index is 718. The van der Waals surface area contributed by atoms with Gasteiger partial charge in [-0.15, -0.1) is 0 Å². The summed E-state index contributed by atoms with van der Waals surface area (Å²) in [5, 5.41) is 0. The Morgan fingerprint density at radius 1 is 0.326 bits per heavy atom. The Balaban J connectivity index is 1.62. The van der Waals surface area contributed by atoms with Crippen molar-refractivity contribution in [3.63, 3.8) is 0 Å². The SMILES string of the molecule is CCOCCOCCOCCOCCOCCOCCOCCOCCOCCOCCOCCOCCOc1ccc(N)cc1. The van der Waals surface area contributed by atoms with Crippen LogP contribution in [0.2, 0.25) is 0 Å². The second-order valence-corrected chi connectivity index (χ2v) is 9.35. The zero-order valence-corrected chi connectivity index (χ0v) is 27.9. The molecule has 0 saturated heterocycles. The number of nitrogens with two attached hydrogens (primary N) is 1. The van der Waals surface area contributed by atoms with Crippen molar-refractivity contribution in [2.45, 2.75) is 6.92 Å². The number of anilines is 1. The van der Waals surface area contributed by atoms with Crippen LogP contribution in [-0.2, 0) is 56.8 Å². The van der Waals surface area contributed by atoms with E-state index in [4.69, 9.17) is 67.3 Å². The third kappa shape index (κ3) is 32.3. The van der Waals surface area contributed by atoms with E-state index < -0.39 is 0 Å². The van der Waals surface area contributed by atoms with Crippen LogP contribution in [0, 0.1) is 0 Å². The summed E-state index contributed by atoms with van der Waals surface area (Å²) in [5.74, 6) is 0.772. The topological polar surface area (TPSA) is 146 Å². The number of ether oxygens (including phenoxy) is 13. The van der Waals surface area contributed by atoms with Crippen molar-refractivity contribution in [3.05, 3.63) is 24.3 Å². The first-order chi connectivity index (χ1) is 22.8. The summed E-state index contributed by atoms with van der Waals surface area (Å²) in [4.78, 5) is 0. The van der Waals surface area contributed by atoms with Crippen LogP contribution in [0.25, 0.3) is 0 Å². The number of hydrogen-bond acceptors (Lipinski definition) is 14. The molecule has 0 aliphatic rings. The maximum atomic E-state index is 5.64. The van der Waals surface area contributed by atoms with Gasteiger partial charge >= 0.3 is 0 Å². The van der Waals surface area contributed by atoms with Gasteiger partial charge in [-0.05, 0) is 31.2 Å². The van der Waals surface area contributed by atoms with Gasteiger partial charge < -0.3 is 67.3 Å². The molecule has 0 aliphatic carbocycles. The van der Waals surface area contributed by atoms with Crippen LogP contribution in [0.1, 0.15) is 6.92 Å². The van der Waals surface area contributed by atoms with Crippen LogP contribution in [0.4, 0.5) is 5.69 Å². The summed E-state index contributed by atoms with van der Waals surface area (Å²) >= 11 is 0. The second-order valence-electron chi connectivity index (χ2n) is 9.35. The van der Waals surface area contributed by atoms with Gasteiger partial charge in [0.2, 0.25) is 0 Å². The quantitative estimate of drug-likeness (QED) is 0.0810. The van der Waals surface area contributed by atoms with Gasteiger partial charge in [0.15, 0.2) is 0 Å². The number of hydrogen-bond donors (Lipinski definition) is 1. The van der Waals surface area contributed by atoms with Crippen molar-refractivity contribution in [1.82, 2.24) is 0 Å². The van der Waals surface area contributed by atoms with E-state index in [0.717, 1.165) is 5.75 Å². The van der Waals surface area contributed by atoms with E-state index in [1.54, 1.807) is 12.1 Å². The van der Waals surface area contributed by atoms with Gasteiger partial charge in [0.25, 0.3) is 0 Å².